The van der Waals surface area contributed by atoms with Crippen LogP contribution in [0.4, 0.5) is 0 Å². The lowest BCUT2D eigenvalue weighted by molar-refractivity contribution is 0.197. The smallest absolute Gasteiger partial charge is 0.0692 e. The molecule has 2 heteroatoms. The van der Waals surface area contributed by atoms with Crippen LogP contribution in [0.2, 0.25) is 0 Å². The third kappa shape index (κ3) is 7.66. The zero-order chi connectivity index (χ0) is 7.28. The van der Waals surface area contributed by atoms with Gasteiger partial charge in [-0.25, -0.2) is 0 Å². The molecule has 2 N–H and O–H groups in total. The van der Waals surface area contributed by atoms with Gasteiger partial charge >= 0.3 is 0 Å². The molecule has 0 bridgehead atoms. The van der Waals surface area contributed by atoms with E-state index in [2.05, 4.69) is 0 Å². The molecule has 0 heterocycles. The van der Waals surface area contributed by atoms with Crippen molar-refractivity contribution >= 4 is 0 Å². The molecule has 0 aromatic rings. The van der Waals surface area contributed by atoms with Crippen LogP contribution in [0.1, 0.15) is 20.3 Å². The second kappa shape index (κ2) is 4.53. The van der Waals surface area contributed by atoms with Crippen LogP contribution in [-0.4, -0.2) is 22.4 Å². The second-order valence-electron chi connectivity index (χ2n) is 2.25. The topological polar surface area (TPSA) is 40.5 Å². The molecule has 0 aliphatic carbocycles. The van der Waals surface area contributed by atoms with Crippen LogP contribution in [0.3, 0.4) is 0 Å². The molecule has 0 fully saturated rings. The van der Waals surface area contributed by atoms with Gasteiger partial charge < -0.3 is 10.2 Å². The summed E-state index contributed by atoms with van der Waals surface area (Å²) in [6, 6.07) is 0. The van der Waals surface area contributed by atoms with E-state index in [9.17, 15) is 0 Å². The third-order valence-electron chi connectivity index (χ3n) is 0.892. The van der Waals surface area contributed by atoms with Crippen molar-refractivity contribution in [2.45, 2.75) is 32.5 Å². The third-order valence-corrected chi connectivity index (χ3v) is 0.892. The standard InChI is InChI=1S/C7H14O2/c1-6(8)4-3-5-7(2)9/h3-4,6-9H,5H2,1-2H3. The maximum Gasteiger partial charge on any atom is 0.0692 e. The van der Waals surface area contributed by atoms with E-state index in [1.807, 2.05) is 0 Å². The minimum absolute atomic E-state index is 0.306. The van der Waals surface area contributed by atoms with Gasteiger partial charge in [0.2, 0.25) is 0 Å². The Kier molecular flexibility index (Phi) is 4.36. The largest absolute Gasteiger partial charge is 0.393 e. The first kappa shape index (κ1) is 8.66. The van der Waals surface area contributed by atoms with Gasteiger partial charge in [0.05, 0.1) is 12.2 Å². The molecule has 0 aliphatic heterocycles. The number of hydrogen-bond acceptors (Lipinski definition) is 2. The number of aliphatic hydroxyl groups is 2. The minimum Gasteiger partial charge on any atom is -0.393 e. The van der Waals surface area contributed by atoms with E-state index in [1.165, 1.54) is 0 Å². The molecule has 54 valence electrons. The van der Waals surface area contributed by atoms with Gasteiger partial charge in [0.25, 0.3) is 0 Å². The first-order chi connectivity index (χ1) is 4.13. The predicted molar refractivity (Wildman–Crippen MR) is 37.1 cm³/mol. The summed E-state index contributed by atoms with van der Waals surface area (Å²) in [5, 5.41) is 17.4. The zero-order valence-corrected chi connectivity index (χ0v) is 5.91. The van der Waals surface area contributed by atoms with E-state index in [0.717, 1.165) is 0 Å². The molecule has 0 aliphatic rings. The number of aliphatic hydroxyl groups excluding tert-OH is 2. The summed E-state index contributed by atoms with van der Waals surface area (Å²) in [5.74, 6) is 0. The molecule has 0 saturated carbocycles. The van der Waals surface area contributed by atoms with Gasteiger partial charge in [-0.05, 0) is 20.3 Å². The first-order valence-electron chi connectivity index (χ1n) is 3.15. The Labute approximate surface area is 55.8 Å². The Morgan fingerprint density at radius 2 is 1.89 bits per heavy atom. The van der Waals surface area contributed by atoms with E-state index in [1.54, 1.807) is 26.0 Å². The highest BCUT2D eigenvalue weighted by atomic mass is 16.3. The first-order valence-corrected chi connectivity index (χ1v) is 3.15. The van der Waals surface area contributed by atoms with E-state index < -0.39 is 6.10 Å². The molecule has 2 unspecified atom stereocenters. The van der Waals surface area contributed by atoms with Crippen molar-refractivity contribution in [3.8, 4) is 0 Å². The average Bonchev–Trinajstić information content (AvgIpc) is 1.63. The Bertz CT molecular complexity index is 84.9. The molecule has 0 amide bonds. The fraction of sp³-hybridized carbons (Fsp3) is 0.714. The second-order valence-corrected chi connectivity index (χ2v) is 2.25. The summed E-state index contributed by atoms with van der Waals surface area (Å²) in [6.07, 6.45) is 3.34. The van der Waals surface area contributed by atoms with Crippen molar-refractivity contribution in [1.29, 1.82) is 0 Å². The van der Waals surface area contributed by atoms with Crippen molar-refractivity contribution in [3.63, 3.8) is 0 Å². The molecule has 0 aromatic heterocycles. The number of rotatable bonds is 3. The van der Waals surface area contributed by atoms with Crippen LogP contribution in [0, 0.1) is 0 Å². The highest BCUT2D eigenvalue weighted by Gasteiger charge is 1.89. The van der Waals surface area contributed by atoms with Gasteiger partial charge in [-0.15, -0.1) is 0 Å². The van der Waals surface area contributed by atoms with E-state index in [-0.39, 0.29) is 6.10 Å². The molecule has 0 aromatic carbocycles. The lowest BCUT2D eigenvalue weighted by Crippen LogP contribution is -1.97. The van der Waals surface area contributed by atoms with Gasteiger partial charge in [0.15, 0.2) is 0 Å². The Morgan fingerprint density at radius 1 is 1.33 bits per heavy atom. The van der Waals surface area contributed by atoms with Gasteiger partial charge in [-0.3, -0.25) is 0 Å². The molecule has 0 saturated heterocycles. The maximum absolute atomic E-state index is 8.73. The summed E-state index contributed by atoms with van der Waals surface area (Å²) in [5.41, 5.74) is 0. The van der Waals surface area contributed by atoms with E-state index in [0.29, 0.717) is 6.42 Å². The van der Waals surface area contributed by atoms with Crippen molar-refractivity contribution < 1.29 is 10.2 Å². The van der Waals surface area contributed by atoms with E-state index in [4.69, 9.17) is 10.2 Å². The van der Waals surface area contributed by atoms with Crippen molar-refractivity contribution in [2.75, 3.05) is 0 Å². The lowest BCUT2D eigenvalue weighted by Gasteiger charge is -1.97. The van der Waals surface area contributed by atoms with Crippen LogP contribution >= 0.6 is 0 Å². The summed E-state index contributed by atoms with van der Waals surface area (Å²) < 4.78 is 0. The molecule has 0 spiro atoms. The highest BCUT2D eigenvalue weighted by molar-refractivity contribution is 4.87. The Morgan fingerprint density at radius 3 is 2.22 bits per heavy atom. The summed E-state index contributed by atoms with van der Waals surface area (Å²) in [7, 11) is 0. The normalized spacial score (nSPS) is 18.2. The van der Waals surface area contributed by atoms with Crippen LogP contribution in [-0.2, 0) is 0 Å². The van der Waals surface area contributed by atoms with E-state index >= 15 is 0 Å². The van der Waals surface area contributed by atoms with Gasteiger partial charge in [0.1, 0.15) is 0 Å². The lowest BCUT2D eigenvalue weighted by atomic mass is 10.2. The van der Waals surface area contributed by atoms with Crippen molar-refractivity contribution in [2.24, 2.45) is 0 Å². The molecule has 2 atom stereocenters. The fourth-order valence-electron chi connectivity index (χ4n) is 0.472. The molecular weight excluding hydrogens is 116 g/mol. The molecule has 2 nitrogen and oxygen atoms in total. The van der Waals surface area contributed by atoms with Gasteiger partial charge in [0, 0.05) is 0 Å². The number of hydrogen-bond donors (Lipinski definition) is 2. The van der Waals surface area contributed by atoms with Crippen LogP contribution in [0.25, 0.3) is 0 Å². The van der Waals surface area contributed by atoms with Gasteiger partial charge in [-0.1, -0.05) is 12.2 Å². The van der Waals surface area contributed by atoms with Crippen LogP contribution in [0.15, 0.2) is 12.2 Å². The van der Waals surface area contributed by atoms with Crippen LogP contribution < -0.4 is 0 Å². The average molecular weight is 130 g/mol. The minimum atomic E-state index is -0.399. The SMILES string of the molecule is CC(O)C=CCC(C)O. The summed E-state index contributed by atoms with van der Waals surface area (Å²) in [4.78, 5) is 0. The van der Waals surface area contributed by atoms with Crippen molar-refractivity contribution in [1.82, 2.24) is 0 Å². The molecule has 0 rings (SSSR count). The summed E-state index contributed by atoms with van der Waals surface area (Å²) >= 11 is 0. The highest BCUT2D eigenvalue weighted by Crippen LogP contribution is 1.92. The van der Waals surface area contributed by atoms with Gasteiger partial charge in [-0.2, -0.15) is 0 Å². The fourth-order valence-corrected chi connectivity index (χ4v) is 0.472. The Hall–Kier alpha value is -0.340. The molecule has 0 radical (unpaired) electrons. The maximum atomic E-state index is 8.73. The van der Waals surface area contributed by atoms with Crippen molar-refractivity contribution in [3.05, 3.63) is 12.2 Å². The monoisotopic (exact) mass is 130 g/mol. The predicted octanol–water partition coefficient (Wildman–Crippen LogP) is 0.694. The zero-order valence-electron chi connectivity index (χ0n) is 5.91. The molecule has 9 heavy (non-hydrogen) atoms. The summed E-state index contributed by atoms with van der Waals surface area (Å²) in [6.45, 7) is 3.39. The quantitative estimate of drug-likeness (QED) is 0.552. The molecular formula is C7H14O2. The Balaban J connectivity index is 3.25. The van der Waals surface area contributed by atoms with Crippen LogP contribution in [0.5, 0.6) is 0 Å².